The van der Waals surface area contributed by atoms with Crippen molar-refractivity contribution in [3.63, 3.8) is 0 Å². The lowest BCUT2D eigenvalue weighted by Crippen LogP contribution is -2.29. The number of hydrogen-bond donors (Lipinski definition) is 2. The predicted molar refractivity (Wildman–Crippen MR) is 91.1 cm³/mol. The van der Waals surface area contributed by atoms with Crippen LogP contribution < -0.4 is 5.32 Å². The Hall–Kier alpha value is -2.30. The molecule has 0 fully saturated rings. The Morgan fingerprint density at radius 3 is 2.78 bits per heavy atom. The largest absolute Gasteiger partial charge is 0.459 e. The number of nitrogens with zero attached hydrogens (tertiary/aromatic N) is 1. The smallest absolute Gasteiger partial charge is 0.342 e. The van der Waals surface area contributed by atoms with E-state index in [9.17, 15) is 4.79 Å². The molecule has 0 amide bonds. The normalized spacial score (nSPS) is 16.5. The number of aromatic amines is 1. The number of rotatable bonds is 2. The average molecular weight is 313 g/mol. The van der Waals surface area contributed by atoms with Gasteiger partial charge in [0.2, 0.25) is 0 Å². The standard InChI is InChI=1S/C18H23N3O2/c1-10(2)23-17(22)12-8-19-9-18(4,5)14-15(12)21-13-7-6-11(3)20-16(13)14/h6-8,10,19,21H,9H2,1-5H3. The van der Waals surface area contributed by atoms with Crippen LogP contribution in [0.5, 0.6) is 0 Å². The fraction of sp³-hybridized carbons (Fsp3) is 0.444. The van der Waals surface area contributed by atoms with Gasteiger partial charge in [-0.2, -0.15) is 0 Å². The molecule has 3 heterocycles. The van der Waals surface area contributed by atoms with Gasteiger partial charge >= 0.3 is 5.97 Å². The number of aryl methyl sites for hydroxylation is 1. The number of carbonyl (C=O) groups excluding carboxylic acids is 1. The number of nitrogens with one attached hydrogen (secondary N) is 2. The summed E-state index contributed by atoms with van der Waals surface area (Å²) < 4.78 is 5.40. The van der Waals surface area contributed by atoms with E-state index in [1.807, 2.05) is 32.9 Å². The lowest BCUT2D eigenvalue weighted by Gasteiger charge is -2.23. The van der Waals surface area contributed by atoms with E-state index in [-0.39, 0.29) is 17.5 Å². The first kappa shape index (κ1) is 15.6. The van der Waals surface area contributed by atoms with E-state index < -0.39 is 0 Å². The van der Waals surface area contributed by atoms with Crippen LogP contribution in [-0.4, -0.2) is 28.6 Å². The maximum Gasteiger partial charge on any atom is 0.342 e. The van der Waals surface area contributed by atoms with E-state index in [1.54, 1.807) is 6.20 Å². The van der Waals surface area contributed by atoms with Crippen molar-refractivity contribution in [3.8, 4) is 0 Å². The van der Waals surface area contributed by atoms with E-state index in [0.717, 1.165) is 34.5 Å². The minimum Gasteiger partial charge on any atom is -0.459 e. The van der Waals surface area contributed by atoms with Crippen LogP contribution in [0.25, 0.3) is 16.6 Å². The zero-order valence-corrected chi connectivity index (χ0v) is 14.3. The molecule has 5 heteroatoms. The summed E-state index contributed by atoms with van der Waals surface area (Å²) in [6.45, 7) is 10.7. The molecule has 0 atom stereocenters. The van der Waals surface area contributed by atoms with Gasteiger partial charge in [-0.15, -0.1) is 0 Å². The van der Waals surface area contributed by atoms with Gasteiger partial charge in [0.05, 0.1) is 28.4 Å². The molecule has 0 saturated heterocycles. The van der Waals surface area contributed by atoms with Crippen molar-refractivity contribution in [2.75, 3.05) is 6.54 Å². The van der Waals surface area contributed by atoms with Crippen molar-refractivity contribution in [1.82, 2.24) is 15.3 Å². The number of pyridine rings is 1. The predicted octanol–water partition coefficient (Wildman–Crippen LogP) is 3.04. The second kappa shape index (κ2) is 5.41. The molecule has 0 saturated carbocycles. The fourth-order valence-electron chi connectivity index (χ4n) is 3.03. The quantitative estimate of drug-likeness (QED) is 0.836. The van der Waals surface area contributed by atoms with Crippen molar-refractivity contribution in [3.05, 3.63) is 35.3 Å². The summed E-state index contributed by atoms with van der Waals surface area (Å²) in [5.74, 6) is -0.324. The summed E-state index contributed by atoms with van der Waals surface area (Å²) in [7, 11) is 0. The summed E-state index contributed by atoms with van der Waals surface area (Å²) in [6.07, 6.45) is 1.59. The van der Waals surface area contributed by atoms with Gasteiger partial charge in [0.1, 0.15) is 0 Å². The van der Waals surface area contributed by atoms with Crippen molar-refractivity contribution < 1.29 is 9.53 Å². The molecule has 1 aliphatic heterocycles. The first-order valence-electron chi connectivity index (χ1n) is 7.94. The number of fused-ring (bicyclic) bond motifs is 3. The summed E-state index contributed by atoms with van der Waals surface area (Å²) >= 11 is 0. The van der Waals surface area contributed by atoms with Crippen LogP contribution in [0.3, 0.4) is 0 Å². The highest BCUT2D eigenvalue weighted by Gasteiger charge is 2.34. The molecule has 0 aliphatic carbocycles. The summed E-state index contributed by atoms with van der Waals surface area (Å²) in [6, 6.07) is 3.99. The molecule has 2 N–H and O–H groups in total. The van der Waals surface area contributed by atoms with Gasteiger partial charge in [0.25, 0.3) is 0 Å². The van der Waals surface area contributed by atoms with E-state index >= 15 is 0 Å². The van der Waals surface area contributed by atoms with E-state index in [1.165, 1.54) is 0 Å². The van der Waals surface area contributed by atoms with Crippen molar-refractivity contribution in [2.45, 2.75) is 46.1 Å². The Bertz CT molecular complexity index is 800. The topological polar surface area (TPSA) is 67.0 Å². The molecule has 122 valence electrons. The van der Waals surface area contributed by atoms with E-state index in [4.69, 9.17) is 9.72 Å². The van der Waals surface area contributed by atoms with Crippen LogP contribution in [-0.2, 0) is 14.9 Å². The highest BCUT2D eigenvalue weighted by Crippen LogP contribution is 2.37. The molecular formula is C18H23N3O2. The summed E-state index contributed by atoms with van der Waals surface area (Å²) in [5, 5.41) is 3.24. The number of carbonyl (C=O) groups is 1. The van der Waals surface area contributed by atoms with E-state index in [0.29, 0.717) is 5.57 Å². The molecule has 23 heavy (non-hydrogen) atoms. The number of hydrogen-bond acceptors (Lipinski definition) is 4. The molecule has 2 aromatic rings. The third-order valence-corrected chi connectivity index (χ3v) is 4.08. The minimum atomic E-state index is -0.324. The van der Waals surface area contributed by atoms with Gasteiger partial charge in [-0.05, 0) is 32.9 Å². The molecule has 0 unspecified atom stereocenters. The van der Waals surface area contributed by atoms with Crippen molar-refractivity contribution in [2.24, 2.45) is 0 Å². The molecule has 1 aliphatic rings. The fourth-order valence-corrected chi connectivity index (χ4v) is 3.03. The number of esters is 1. The Morgan fingerprint density at radius 2 is 2.09 bits per heavy atom. The van der Waals surface area contributed by atoms with Crippen LogP contribution in [0, 0.1) is 6.92 Å². The maximum absolute atomic E-state index is 12.5. The van der Waals surface area contributed by atoms with Gasteiger partial charge in [0, 0.05) is 29.4 Å². The summed E-state index contributed by atoms with van der Waals surface area (Å²) in [5.41, 5.74) is 5.06. The molecule has 3 rings (SSSR count). The average Bonchev–Trinajstić information content (AvgIpc) is 2.75. The highest BCUT2D eigenvalue weighted by molar-refractivity contribution is 6.17. The summed E-state index contributed by atoms with van der Waals surface area (Å²) in [4.78, 5) is 20.6. The molecule has 5 nitrogen and oxygen atoms in total. The van der Waals surface area contributed by atoms with Gasteiger partial charge in [-0.1, -0.05) is 13.8 Å². The maximum atomic E-state index is 12.5. The lowest BCUT2D eigenvalue weighted by molar-refractivity contribution is -0.140. The monoisotopic (exact) mass is 313 g/mol. The Labute approximate surface area is 136 Å². The van der Waals surface area contributed by atoms with E-state index in [2.05, 4.69) is 24.1 Å². The first-order chi connectivity index (χ1) is 10.8. The van der Waals surface area contributed by atoms with Crippen LogP contribution >= 0.6 is 0 Å². The molecular weight excluding hydrogens is 290 g/mol. The minimum absolute atomic E-state index is 0.159. The number of ether oxygens (including phenoxy) is 1. The molecule has 0 spiro atoms. The zero-order chi connectivity index (χ0) is 16.8. The van der Waals surface area contributed by atoms with Crippen molar-refractivity contribution in [1.29, 1.82) is 0 Å². The van der Waals surface area contributed by atoms with Gasteiger partial charge < -0.3 is 15.0 Å². The Kier molecular flexibility index (Phi) is 3.66. The third kappa shape index (κ3) is 2.71. The Balaban J connectivity index is 2.23. The number of aromatic nitrogens is 2. The van der Waals surface area contributed by atoms with Gasteiger partial charge in [0.15, 0.2) is 0 Å². The number of H-pyrrole nitrogens is 1. The molecule has 2 aromatic heterocycles. The van der Waals surface area contributed by atoms with Crippen LogP contribution in [0.1, 0.15) is 44.6 Å². The highest BCUT2D eigenvalue weighted by atomic mass is 16.5. The third-order valence-electron chi connectivity index (χ3n) is 4.08. The van der Waals surface area contributed by atoms with Gasteiger partial charge in [-0.3, -0.25) is 4.98 Å². The van der Waals surface area contributed by atoms with Crippen LogP contribution in [0.2, 0.25) is 0 Å². The lowest BCUT2D eigenvalue weighted by atomic mass is 9.83. The molecule has 0 radical (unpaired) electrons. The first-order valence-corrected chi connectivity index (χ1v) is 7.94. The van der Waals surface area contributed by atoms with Gasteiger partial charge in [-0.25, -0.2) is 4.79 Å². The van der Waals surface area contributed by atoms with Crippen molar-refractivity contribution >= 4 is 22.6 Å². The van der Waals surface area contributed by atoms with Crippen LogP contribution in [0.15, 0.2) is 18.3 Å². The molecule has 0 bridgehead atoms. The molecule has 0 aromatic carbocycles. The zero-order valence-electron chi connectivity index (χ0n) is 14.3. The second-order valence-electron chi connectivity index (χ2n) is 7.00. The SMILES string of the molecule is Cc1ccc2[nH]c3c(c2n1)C(C)(C)CNC=C3C(=O)OC(C)C. The second-order valence-corrected chi connectivity index (χ2v) is 7.00. The Morgan fingerprint density at radius 1 is 1.35 bits per heavy atom. The van der Waals surface area contributed by atoms with Crippen LogP contribution in [0.4, 0.5) is 0 Å².